The number of nitrogens with one attached hydrogen (secondary N) is 2. The first kappa shape index (κ1) is 12.5. The molecule has 0 aromatic carbocycles. The number of quaternary nitrogens is 1. The van der Waals surface area contributed by atoms with Gasteiger partial charge >= 0.3 is 0 Å². The molecule has 1 aliphatic rings. The molecule has 0 aliphatic carbocycles. The second-order valence-corrected chi connectivity index (χ2v) is 5.15. The Balaban J connectivity index is 1.58. The van der Waals surface area contributed by atoms with Crippen molar-refractivity contribution in [2.24, 2.45) is 0 Å². The van der Waals surface area contributed by atoms with Gasteiger partial charge in [0.05, 0.1) is 24.6 Å². The van der Waals surface area contributed by atoms with Gasteiger partial charge in [-0.05, 0) is 11.4 Å². The van der Waals surface area contributed by atoms with E-state index in [0.29, 0.717) is 0 Å². The van der Waals surface area contributed by atoms with Gasteiger partial charge in [-0.1, -0.05) is 6.07 Å². The van der Waals surface area contributed by atoms with Crippen LogP contribution >= 0.6 is 11.3 Å². The second-order valence-electron chi connectivity index (χ2n) is 4.20. The predicted octanol–water partition coefficient (Wildman–Crippen LogP) is -0.217. The van der Waals surface area contributed by atoms with Gasteiger partial charge in [0.15, 0.2) is 0 Å². The topological polar surface area (TPSA) is 42.8 Å². The SMILES string of the molecule is O=C(NCCC[NH+]1CCOCC1)c1cccs1. The molecular weight excluding hydrogens is 236 g/mol. The Bertz CT molecular complexity index is 334. The van der Waals surface area contributed by atoms with Crippen LogP contribution < -0.4 is 10.2 Å². The van der Waals surface area contributed by atoms with Crippen molar-refractivity contribution in [2.75, 3.05) is 39.4 Å². The van der Waals surface area contributed by atoms with Crippen molar-refractivity contribution in [3.63, 3.8) is 0 Å². The largest absolute Gasteiger partial charge is 0.370 e. The van der Waals surface area contributed by atoms with Gasteiger partial charge < -0.3 is 15.0 Å². The van der Waals surface area contributed by atoms with E-state index < -0.39 is 0 Å². The molecule has 1 fully saturated rings. The smallest absolute Gasteiger partial charge is 0.261 e. The molecule has 2 N–H and O–H groups in total. The van der Waals surface area contributed by atoms with E-state index in [9.17, 15) is 4.79 Å². The minimum atomic E-state index is 0.0528. The van der Waals surface area contributed by atoms with Crippen LogP contribution in [-0.4, -0.2) is 45.3 Å². The van der Waals surface area contributed by atoms with E-state index in [1.807, 2.05) is 17.5 Å². The summed E-state index contributed by atoms with van der Waals surface area (Å²) in [5.74, 6) is 0.0528. The summed E-state index contributed by atoms with van der Waals surface area (Å²) in [6, 6.07) is 3.75. The molecule has 0 saturated carbocycles. The normalized spacial score (nSPS) is 16.9. The lowest BCUT2D eigenvalue weighted by atomic mass is 10.3. The maximum absolute atomic E-state index is 11.6. The van der Waals surface area contributed by atoms with Gasteiger partial charge in [0, 0.05) is 13.0 Å². The molecule has 0 bridgehead atoms. The fourth-order valence-corrected chi connectivity index (χ4v) is 2.59. The number of thiophene rings is 1. The van der Waals surface area contributed by atoms with Crippen molar-refractivity contribution in [2.45, 2.75) is 6.42 Å². The molecule has 1 aliphatic heterocycles. The van der Waals surface area contributed by atoms with Crippen LogP contribution in [0.15, 0.2) is 17.5 Å². The molecule has 1 saturated heterocycles. The fraction of sp³-hybridized carbons (Fsp3) is 0.583. The van der Waals surface area contributed by atoms with Crippen LogP contribution in [0.3, 0.4) is 0 Å². The molecule has 4 nitrogen and oxygen atoms in total. The minimum Gasteiger partial charge on any atom is -0.370 e. The zero-order valence-electron chi connectivity index (χ0n) is 9.91. The Labute approximate surface area is 106 Å². The summed E-state index contributed by atoms with van der Waals surface area (Å²) >= 11 is 1.48. The first-order valence-corrected chi connectivity index (χ1v) is 6.97. The monoisotopic (exact) mass is 255 g/mol. The van der Waals surface area contributed by atoms with Gasteiger partial charge in [0.2, 0.25) is 0 Å². The standard InChI is InChI=1S/C12H18N2O2S/c15-12(11-3-1-10-17-11)13-4-2-5-14-6-8-16-9-7-14/h1,3,10H,2,4-9H2,(H,13,15)/p+1. The summed E-state index contributed by atoms with van der Waals surface area (Å²) in [5, 5.41) is 4.87. The molecule has 1 aromatic heterocycles. The van der Waals surface area contributed by atoms with Gasteiger partial charge in [-0.25, -0.2) is 0 Å². The lowest BCUT2D eigenvalue weighted by Gasteiger charge is -2.23. The minimum absolute atomic E-state index is 0.0528. The zero-order chi connectivity index (χ0) is 11.9. The maximum Gasteiger partial charge on any atom is 0.261 e. The van der Waals surface area contributed by atoms with E-state index in [-0.39, 0.29) is 5.91 Å². The van der Waals surface area contributed by atoms with Crippen LogP contribution in [0.1, 0.15) is 16.1 Å². The Hall–Kier alpha value is -0.910. The molecule has 17 heavy (non-hydrogen) atoms. The number of amides is 1. The summed E-state index contributed by atoms with van der Waals surface area (Å²) < 4.78 is 5.30. The van der Waals surface area contributed by atoms with Crippen LogP contribution in [-0.2, 0) is 4.74 Å². The Morgan fingerprint density at radius 1 is 1.47 bits per heavy atom. The van der Waals surface area contributed by atoms with Crippen LogP contribution in [0.5, 0.6) is 0 Å². The molecule has 1 aromatic rings. The van der Waals surface area contributed by atoms with Crippen LogP contribution in [0.25, 0.3) is 0 Å². The number of ether oxygens (including phenoxy) is 1. The molecule has 0 spiro atoms. The third-order valence-corrected chi connectivity index (χ3v) is 3.81. The van der Waals surface area contributed by atoms with E-state index in [4.69, 9.17) is 4.74 Å². The molecule has 2 heterocycles. The van der Waals surface area contributed by atoms with Gasteiger partial charge in [-0.2, -0.15) is 0 Å². The first-order chi connectivity index (χ1) is 8.36. The van der Waals surface area contributed by atoms with Crippen molar-refractivity contribution in [3.8, 4) is 0 Å². The number of carbonyl (C=O) groups is 1. The summed E-state index contributed by atoms with van der Waals surface area (Å²) in [6.07, 6.45) is 1.03. The van der Waals surface area contributed by atoms with Gasteiger partial charge in [0.25, 0.3) is 5.91 Å². The Morgan fingerprint density at radius 2 is 2.29 bits per heavy atom. The second kappa shape index (κ2) is 6.74. The molecule has 0 radical (unpaired) electrons. The summed E-state index contributed by atoms with van der Waals surface area (Å²) in [4.78, 5) is 14.0. The van der Waals surface area contributed by atoms with Crippen LogP contribution in [0.2, 0.25) is 0 Å². The van der Waals surface area contributed by atoms with E-state index >= 15 is 0 Å². The highest BCUT2D eigenvalue weighted by Crippen LogP contribution is 2.07. The summed E-state index contributed by atoms with van der Waals surface area (Å²) in [6.45, 7) is 5.82. The van der Waals surface area contributed by atoms with E-state index in [1.54, 1.807) is 4.90 Å². The van der Waals surface area contributed by atoms with Gasteiger partial charge in [-0.3, -0.25) is 4.79 Å². The average molecular weight is 255 g/mol. The van der Waals surface area contributed by atoms with Crippen LogP contribution in [0, 0.1) is 0 Å². The third kappa shape index (κ3) is 4.11. The van der Waals surface area contributed by atoms with Crippen molar-refractivity contribution in [3.05, 3.63) is 22.4 Å². The Morgan fingerprint density at radius 3 is 3.00 bits per heavy atom. The molecule has 0 atom stereocenters. The van der Waals surface area contributed by atoms with Gasteiger partial charge in [0.1, 0.15) is 13.1 Å². The molecule has 5 heteroatoms. The van der Waals surface area contributed by atoms with E-state index in [1.165, 1.54) is 11.3 Å². The highest BCUT2D eigenvalue weighted by molar-refractivity contribution is 7.12. The van der Waals surface area contributed by atoms with Crippen molar-refractivity contribution < 1.29 is 14.4 Å². The lowest BCUT2D eigenvalue weighted by molar-refractivity contribution is -0.908. The maximum atomic E-state index is 11.6. The third-order valence-electron chi connectivity index (χ3n) is 2.94. The predicted molar refractivity (Wildman–Crippen MR) is 67.7 cm³/mol. The number of rotatable bonds is 5. The number of carbonyl (C=O) groups excluding carboxylic acids is 1. The van der Waals surface area contributed by atoms with E-state index in [2.05, 4.69) is 5.32 Å². The zero-order valence-corrected chi connectivity index (χ0v) is 10.7. The van der Waals surface area contributed by atoms with E-state index in [0.717, 1.165) is 50.7 Å². The number of hydrogen-bond donors (Lipinski definition) is 2. The summed E-state index contributed by atoms with van der Waals surface area (Å²) in [7, 11) is 0. The fourth-order valence-electron chi connectivity index (χ4n) is 1.95. The first-order valence-electron chi connectivity index (χ1n) is 6.09. The molecule has 0 unspecified atom stereocenters. The number of morpholine rings is 1. The average Bonchev–Trinajstić information content (AvgIpc) is 2.89. The van der Waals surface area contributed by atoms with Crippen LogP contribution in [0.4, 0.5) is 0 Å². The highest BCUT2D eigenvalue weighted by Gasteiger charge is 2.13. The van der Waals surface area contributed by atoms with Gasteiger partial charge in [-0.15, -0.1) is 11.3 Å². The van der Waals surface area contributed by atoms with Crippen molar-refractivity contribution >= 4 is 17.2 Å². The molecule has 1 amide bonds. The lowest BCUT2D eigenvalue weighted by Crippen LogP contribution is -3.14. The van der Waals surface area contributed by atoms with Crippen molar-refractivity contribution in [1.82, 2.24) is 5.32 Å². The molecular formula is C12H19N2O2S+. The summed E-state index contributed by atoms with van der Waals surface area (Å²) in [5.41, 5.74) is 0. The highest BCUT2D eigenvalue weighted by atomic mass is 32.1. The quantitative estimate of drug-likeness (QED) is 0.715. The van der Waals surface area contributed by atoms with Crippen molar-refractivity contribution in [1.29, 1.82) is 0 Å². The molecule has 94 valence electrons. The molecule has 2 rings (SSSR count). The Kier molecular flexibility index (Phi) is 4.97. The number of hydrogen-bond acceptors (Lipinski definition) is 3.